The molecule has 2 atom stereocenters. The van der Waals surface area contributed by atoms with Gasteiger partial charge >= 0.3 is 0 Å². The van der Waals surface area contributed by atoms with Gasteiger partial charge in [-0.3, -0.25) is 4.79 Å². The molecular weight excluding hydrogens is 422 g/mol. The number of hydrogen-bond acceptors (Lipinski definition) is 3. The highest BCUT2D eigenvalue weighted by molar-refractivity contribution is 5.76. The normalized spacial score (nSPS) is 13.6. The molecule has 0 spiro atoms. The van der Waals surface area contributed by atoms with Crippen molar-refractivity contribution in [1.29, 1.82) is 0 Å². The molecule has 0 radical (unpaired) electrons. The lowest BCUT2D eigenvalue weighted by atomic mass is 10.0. The fourth-order valence-electron chi connectivity index (χ4n) is 4.18. The van der Waals surface area contributed by atoms with Gasteiger partial charge in [0.15, 0.2) is 0 Å². The summed E-state index contributed by atoms with van der Waals surface area (Å²) in [6, 6.07) is -0.629. The Balaban J connectivity index is 3.47. The Morgan fingerprint density at radius 2 is 1.15 bits per heavy atom. The Kier molecular flexibility index (Phi) is 25.6. The Bertz CT molecular complexity index is 489. The quantitative estimate of drug-likeness (QED) is 0.0924. The van der Waals surface area contributed by atoms with E-state index in [1.54, 1.807) is 6.08 Å². The molecule has 0 fully saturated rings. The number of rotatable bonds is 25. The van der Waals surface area contributed by atoms with Gasteiger partial charge in [-0.2, -0.15) is 0 Å². The van der Waals surface area contributed by atoms with E-state index in [0.717, 1.165) is 25.7 Å². The van der Waals surface area contributed by atoms with E-state index in [9.17, 15) is 15.0 Å². The van der Waals surface area contributed by atoms with Crippen LogP contribution in [-0.4, -0.2) is 34.9 Å². The zero-order valence-corrected chi connectivity index (χ0v) is 22.6. The lowest BCUT2D eigenvalue weighted by Crippen LogP contribution is -2.45. The molecule has 0 rings (SSSR count). The van der Waals surface area contributed by atoms with Crippen molar-refractivity contribution in [3.8, 4) is 0 Å². The van der Waals surface area contributed by atoms with E-state index >= 15 is 0 Å². The van der Waals surface area contributed by atoms with Crippen LogP contribution in [0, 0.1) is 0 Å². The molecule has 0 bridgehead atoms. The standard InChI is InChI=1S/C30H57NO3/c1-3-5-6-7-8-9-10-11-12-13-14-15-16-17-18-19-20-21-22-23-24-26-29(33)28(27-32)31-30(34)25-4-2/h20-21,24,26,28-29,32-33H,3-19,22-23,25,27H2,1-2H3,(H,31,34)/b21-20+,26-24+. The molecule has 0 aliphatic heterocycles. The lowest BCUT2D eigenvalue weighted by Gasteiger charge is -2.19. The third kappa shape index (κ3) is 22.7. The van der Waals surface area contributed by atoms with E-state index in [1.807, 2.05) is 13.0 Å². The van der Waals surface area contributed by atoms with Gasteiger partial charge in [-0.1, -0.05) is 128 Å². The third-order valence-electron chi connectivity index (χ3n) is 6.41. The Labute approximate surface area is 211 Å². The molecule has 2 unspecified atom stereocenters. The minimum atomic E-state index is -0.852. The summed E-state index contributed by atoms with van der Waals surface area (Å²) in [5.41, 5.74) is 0. The minimum Gasteiger partial charge on any atom is -0.394 e. The Morgan fingerprint density at radius 3 is 1.65 bits per heavy atom. The second-order valence-electron chi connectivity index (χ2n) is 9.81. The monoisotopic (exact) mass is 479 g/mol. The lowest BCUT2D eigenvalue weighted by molar-refractivity contribution is -0.122. The average molecular weight is 480 g/mol. The molecule has 0 heterocycles. The molecule has 0 saturated carbocycles. The molecule has 0 aliphatic rings. The van der Waals surface area contributed by atoms with Crippen LogP contribution in [0.3, 0.4) is 0 Å². The van der Waals surface area contributed by atoms with Gasteiger partial charge in [0.1, 0.15) is 0 Å². The summed E-state index contributed by atoms with van der Waals surface area (Å²) in [6.07, 6.45) is 32.4. The minimum absolute atomic E-state index is 0.129. The first-order valence-electron chi connectivity index (χ1n) is 14.6. The van der Waals surface area contributed by atoms with E-state index in [2.05, 4.69) is 24.4 Å². The van der Waals surface area contributed by atoms with Crippen molar-refractivity contribution in [2.45, 2.75) is 154 Å². The number of unbranched alkanes of at least 4 members (excludes halogenated alkanes) is 16. The average Bonchev–Trinajstić information content (AvgIpc) is 2.83. The first-order chi connectivity index (χ1) is 16.7. The fraction of sp³-hybridized carbons (Fsp3) is 0.833. The van der Waals surface area contributed by atoms with Crippen LogP contribution in [0.15, 0.2) is 24.3 Å². The summed E-state index contributed by atoms with van der Waals surface area (Å²) >= 11 is 0. The van der Waals surface area contributed by atoms with Crippen LogP contribution in [0.5, 0.6) is 0 Å². The van der Waals surface area contributed by atoms with Crippen molar-refractivity contribution >= 4 is 5.91 Å². The van der Waals surface area contributed by atoms with Crippen LogP contribution in [0.4, 0.5) is 0 Å². The molecule has 200 valence electrons. The molecule has 0 aromatic rings. The van der Waals surface area contributed by atoms with Gasteiger partial charge in [0, 0.05) is 6.42 Å². The number of carbonyl (C=O) groups is 1. The highest BCUT2D eigenvalue weighted by atomic mass is 16.3. The number of aliphatic hydroxyl groups is 2. The van der Waals surface area contributed by atoms with Gasteiger partial charge in [0.2, 0.25) is 5.91 Å². The maximum Gasteiger partial charge on any atom is 0.220 e. The first-order valence-corrected chi connectivity index (χ1v) is 14.6. The third-order valence-corrected chi connectivity index (χ3v) is 6.41. The number of amides is 1. The first kappa shape index (κ1) is 32.9. The van der Waals surface area contributed by atoms with Crippen LogP contribution < -0.4 is 5.32 Å². The van der Waals surface area contributed by atoms with E-state index in [0.29, 0.717) is 6.42 Å². The molecule has 1 amide bonds. The molecule has 0 saturated heterocycles. The van der Waals surface area contributed by atoms with E-state index in [-0.39, 0.29) is 12.5 Å². The van der Waals surface area contributed by atoms with Crippen molar-refractivity contribution in [2.75, 3.05) is 6.61 Å². The van der Waals surface area contributed by atoms with Crippen LogP contribution >= 0.6 is 0 Å². The van der Waals surface area contributed by atoms with E-state index in [1.165, 1.54) is 96.3 Å². The SMILES string of the molecule is CCCCCCCCCCCCCCCCC/C=C/CC/C=C/C(O)C(CO)NC(=O)CCC. The van der Waals surface area contributed by atoms with Crippen molar-refractivity contribution in [1.82, 2.24) is 5.32 Å². The molecule has 0 aromatic carbocycles. The predicted octanol–water partition coefficient (Wildman–Crippen LogP) is 7.78. The van der Waals surface area contributed by atoms with E-state index < -0.39 is 12.1 Å². The van der Waals surface area contributed by atoms with Crippen LogP contribution in [0.1, 0.15) is 142 Å². The van der Waals surface area contributed by atoms with Crippen molar-refractivity contribution in [3.63, 3.8) is 0 Å². The number of nitrogens with one attached hydrogen (secondary N) is 1. The zero-order valence-electron chi connectivity index (χ0n) is 22.6. The summed E-state index contributed by atoms with van der Waals surface area (Å²) < 4.78 is 0. The summed E-state index contributed by atoms with van der Waals surface area (Å²) in [5, 5.41) is 22.1. The summed E-state index contributed by atoms with van der Waals surface area (Å²) in [7, 11) is 0. The van der Waals surface area contributed by atoms with Crippen molar-refractivity contribution < 1.29 is 15.0 Å². The second kappa shape index (κ2) is 26.5. The van der Waals surface area contributed by atoms with Crippen LogP contribution in [0.2, 0.25) is 0 Å². The predicted molar refractivity (Wildman–Crippen MR) is 147 cm³/mol. The highest BCUT2D eigenvalue weighted by Gasteiger charge is 2.17. The number of aliphatic hydroxyl groups excluding tert-OH is 2. The van der Waals surface area contributed by atoms with Crippen LogP contribution in [-0.2, 0) is 4.79 Å². The Morgan fingerprint density at radius 1 is 0.676 bits per heavy atom. The number of hydrogen-bond donors (Lipinski definition) is 3. The van der Waals surface area contributed by atoms with Gasteiger partial charge in [0.05, 0.1) is 18.8 Å². The molecule has 4 nitrogen and oxygen atoms in total. The zero-order chi connectivity index (χ0) is 25.1. The smallest absolute Gasteiger partial charge is 0.220 e. The van der Waals surface area contributed by atoms with Gasteiger partial charge in [-0.05, 0) is 32.1 Å². The Hall–Kier alpha value is -1.13. The number of carbonyl (C=O) groups excluding carboxylic acids is 1. The maximum atomic E-state index is 11.6. The maximum absolute atomic E-state index is 11.6. The second-order valence-corrected chi connectivity index (χ2v) is 9.81. The molecule has 0 aliphatic carbocycles. The fourth-order valence-corrected chi connectivity index (χ4v) is 4.18. The summed E-state index contributed by atoms with van der Waals surface area (Å²) in [5.74, 6) is -0.129. The van der Waals surface area contributed by atoms with Gasteiger partial charge < -0.3 is 15.5 Å². The number of allylic oxidation sites excluding steroid dienone is 3. The van der Waals surface area contributed by atoms with Crippen molar-refractivity contribution in [3.05, 3.63) is 24.3 Å². The molecule has 4 heteroatoms. The summed E-state index contributed by atoms with van der Waals surface area (Å²) in [6.45, 7) is 3.95. The molecule has 34 heavy (non-hydrogen) atoms. The molecule has 0 aromatic heterocycles. The van der Waals surface area contributed by atoms with E-state index in [4.69, 9.17) is 0 Å². The topological polar surface area (TPSA) is 69.6 Å². The van der Waals surface area contributed by atoms with Gasteiger partial charge in [-0.25, -0.2) is 0 Å². The van der Waals surface area contributed by atoms with Crippen LogP contribution in [0.25, 0.3) is 0 Å². The highest BCUT2D eigenvalue weighted by Crippen LogP contribution is 2.14. The van der Waals surface area contributed by atoms with Gasteiger partial charge in [-0.15, -0.1) is 0 Å². The molecule has 3 N–H and O–H groups in total. The van der Waals surface area contributed by atoms with Crippen molar-refractivity contribution in [2.24, 2.45) is 0 Å². The largest absolute Gasteiger partial charge is 0.394 e. The summed E-state index contributed by atoms with van der Waals surface area (Å²) in [4.78, 5) is 11.6. The molecular formula is C30H57NO3. The van der Waals surface area contributed by atoms with Gasteiger partial charge in [0.25, 0.3) is 0 Å².